The van der Waals surface area contributed by atoms with Crippen LogP contribution in [0, 0.1) is 0 Å². The second-order valence-electron chi connectivity index (χ2n) is 6.07. The van der Waals surface area contributed by atoms with Gasteiger partial charge in [0.25, 0.3) is 0 Å². The summed E-state index contributed by atoms with van der Waals surface area (Å²) in [6, 6.07) is 7.54. The number of hydrogen-bond donors (Lipinski definition) is 1. The molecule has 19 heavy (non-hydrogen) atoms. The van der Waals surface area contributed by atoms with E-state index in [2.05, 4.69) is 55.1 Å². The highest BCUT2D eigenvalue weighted by Gasteiger charge is 2.38. The Labute approximate surface area is 125 Å². The standard InChI is InChI=1S/C14H22BrNO2Si/c1-14(2,3)19(4,5)18-12-8-6-11(7-9-12)16-13(17)10-15/h6-9H,10H2,1-5H3,(H,16,17). The minimum absolute atomic E-state index is 0.0573. The largest absolute Gasteiger partial charge is 0.544 e. The van der Waals surface area contributed by atoms with Gasteiger partial charge < -0.3 is 9.74 Å². The maximum atomic E-state index is 11.2. The maximum absolute atomic E-state index is 11.2. The van der Waals surface area contributed by atoms with Crippen molar-refractivity contribution in [3.05, 3.63) is 24.3 Å². The predicted octanol–water partition coefficient (Wildman–Crippen LogP) is 4.40. The van der Waals surface area contributed by atoms with E-state index < -0.39 is 8.32 Å². The van der Waals surface area contributed by atoms with Gasteiger partial charge in [0.2, 0.25) is 14.2 Å². The maximum Gasteiger partial charge on any atom is 0.250 e. The van der Waals surface area contributed by atoms with Crippen LogP contribution < -0.4 is 9.74 Å². The molecule has 0 heterocycles. The summed E-state index contributed by atoms with van der Waals surface area (Å²) in [5.41, 5.74) is 0.784. The van der Waals surface area contributed by atoms with Crippen molar-refractivity contribution in [2.75, 3.05) is 10.6 Å². The van der Waals surface area contributed by atoms with Gasteiger partial charge in [-0.15, -0.1) is 0 Å². The minimum atomic E-state index is -1.80. The first-order valence-electron chi connectivity index (χ1n) is 6.30. The minimum Gasteiger partial charge on any atom is -0.544 e. The fourth-order valence-corrected chi connectivity index (χ4v) is 2.42. The molecule has 0 saturated carbocycles. The highest BCUT2D eigenvalue weighted by atomic mass is 79.9. The van der Waals surface area contributed by atoms with E-state index in [0.29, 0.717) is 5.33 Å². The first-order valence-corrected chi connectivity index (χ1v) is 10.3. The average molecular weight is 344 g/mol. The van der Waals surface area contributed by atoms with Crippen LogP contribution >= 0.6 is 15.9 Å². The van der Waals surface area contributed by atoms with Crippen molar-refractivity contribution in [3.8, 4) is 5.75 Å². The molecule has 1 amide bonds. The van der Waals surface area contributed by atoms with Gasteiger partial charge in [0, 0.05) is 5.69 Å². The van der Waals surface area contributed by atoms with E-state index in [0.717, 1.165) is 11.4 Å². The molecule has 0 radical (unpaired) electrons. The van der Waals surface area contributed by atoms with Gasteiger partial charge in [0.05, 0.1) is 5.33 Å². The summed E-state index contributed by atoms with van der Waals surface area (Å²) in [5, 5.41) is 3.26. The van der Waals surface area contributed by atoms with Gasteiger partial charge >= 0.3 is 0 Å². The number of amides is 1. The zero-order chi connectivity index (χ0) is 14.7. The summed E-state index contributed by atoms with van der Waals surface area (Å²) >= 11 is 3.12. The Morgan fingerprint density at radius 2 is 1.79 bits per heavy atom. The Kier molecular flexibility index (Phi) is 5.21. The molecule has 106 valence electrons. The Bertz CT molecular complexity index is 438. The van der Waals surface area contributed by atoms with Crippen molar-refractivity contribution in [1.29, 1.82) is 0 Å². The van der Waals surface area contributed by atoms with Gasteiger partial charge in [-0.2, -0.15) is 0 Å². The van der Waals surface area contributed by atoms with Crippen LogP contribution in [0.3, 0.4) is 0 Å². The number of rotatable bonds is 4. The van der Waals surface area contributed by atoms with Gasteiger partial charge in [0.15, 0.2) is 0 Å². The number of nitrogens with one attached hydrogen (secondary N) is 1. The second kappa shape index (κ2) is 6.09. The summed E-state index contributed by atoms with van der Waals surface area (Å²) in [6.07, 6.45) is 0. The highest BCUT2D eigenvalue weighted by Crippen LogP contribution is 2.37. The molecule has 0 aliphatic carbocycles. The van der Waals surface area contributed by atoms with Crippen LogP contribution in [0.25, 0.3) is 0 Å². The molecule has 1 aromatic carbocycles. The van der Waals surface area contributed by atoms with Crippen molar-refractivity contribution in [2.45, 2.75) is 38.9 Å². The van der Waals surface area contributed by atoms with Crippen molar-refractivity contribution < 1.29 is 9.22 Å². The fraction of sp³-hybridized carbons (Fsp3) is 0.500. The molecular weight excluding hydrogens is 322 g/mol. The third-order valence-corrected chi connectivity index (χ3v) is 8.31. The van der Waals surface area contributed by atoms with E-state index in [1.165, 1.54) is 0 Å². The van der Waals surface area contributed by atoms with E-state index >= 15 is 0 Å². The van der Waals surface area contributed by atoms with Gasteiger partial charge in [-0.1, -0.05) is 36.7 Å². The van der Waals surface area contributed by atoms with Crippen molar-refractivity contribution in [2.24, 2.45) is 0 Å². The van der Waals surface area contributed by atoms with Crippen LogP contribution in [0.5, 0.6) is 5.75 Å². The molecule has 0 atom stereocenters. The average Bonchev–Trinajstić information content (AvgIpc) is 2.29. The third kappa shape index (κ3) is 4.65. The molecule has 0 unspecified atom stereocenters. The zero-order valence-corrected chi connectivity index (χ0v) is 14.8. The first kappa shape index (κ1) is 16.2. The Hall–Kier alpha value is -0.813. The van der Waals surface area contributed by atoms with Crippen LogP contribution in [0.2, 0.25) is 18.1 Å². The summed E-state index contributed by atoms with van der Waals surface area (Å²) in [4.78, 5) is 11.2. The molecule has 0 aliphatic heterocycles. The molecule has 0 saturated heterocycles. The van der Waals surface area contributed by atoms with Crippen LogP contribution in [-0.2, 0) is 4.79 Å². The number of benzene rings is 1. The lowest BCUT2D eigenvalue weighted by atomic mass is 10.2. The van der Waals surface area contributed by atoms with Crippen molar-refractivity contribution in [3.63, 3.8) is 0 Å². The fourth-order valence-electron chi connectivity index (χ4n) is 1.25. The van der Waals surface area contributed by atoms with Crippen LogP contribution in [0.15, 0.2) is 24.3 Å². The molecule has 0 fully saturated rings. The highest BCUT2D eigenvalue weighted by molar-refractivity contribution is 9.09. The van der Waals surface area contributed by atoms with Gasteiger partial charge in [-0.3, -0.25) is 4.79 Å². The number of carbonyl (C=O) groups excluding carboxylic acids is 1. The summed E-state index contributed by atoms with van der Waals surface area (Å²) in [6.45, 7) is 11.1. The molecule has 0 bridgehead atoms. The van der Waals surface area contributed by atoms with Crippen LogP contribution in [-0.4, -0.2) is 19.6 Å². The third-order valence-electron chi connectivity index (χ3n) is 3.44. The lowest BCUT2D eigenvalue weighted by Crippen LogP contribution is -2.43. The van der Waals surface area contributed by atoms with Gasteiger partial charge in [0.1, 0.15) is 5.75 Å². The Balaban J connectivity index is 2.75. The van der Waals surface area contributed by atoms with E-state index in [9.17, 15) is 4.79 Å². The SMILES string of the molecule is CC(C)(C)[Si](C)(C)Oc1ccc(NC(=O)CBr)cc1. The molecule has 5 heteroatoms. The van der Waals surface area contributed by atoms with Gasteiger partial charge in [-0.25, -0.2) is 0 Å². The summed E-state index contributed by atoms with van der Waals surface area (Å²) in [7, 11) is -1.80. The van der Waals surface area contributed by atoms with Gasteiger partial charge in [-0.05, 0) is 42.4 Å². The normalized spacial score (nSPS) is 12.1. The molecule has 0 aromatic heterocycles. The predicted molar refractivity (Wildman–Crippen MR) is 86.7 cm³/mol. The number of hydrogen-bond acceptors (Lipinski definition) is 2. The second-order valence-corrected chi connectivity index (χ2v) is 11.4. The molecule has 1 N–H and O–H groups in total. The number of carbonyl (C=O) groups is 1. The monoisotopic (exact) mass is 343 g/mol. The Morgan fingerprint density at radius 3 is 2.21 bits per heavy atom. The molecule has 1 rings (SSSR count). The van der Waals surface area contributed by atoms with E-state index in [1.807, 2.05) is 24.3 Å². The smallest absolute Gasteiger partial charge is 0.250 e. The van der Waals surface area contributed by atoms with E-state index in [1.54, 1.807) is 0 Å². The number of halogens is 1. The molecule has 3 nitrogen and oxygen atoms in total. The van der Waals surface area contributed by atoms with E-state index in [-0.39, 0.29) is 10.9 Å². The quantitative estimate of drug-likeness (QED) is 0.649. The summed E-state index contributed by atoms with van der Waals surface area (Å²) < 4.78 is 6.17. The molecule has 0 aliphatic rings. The molecule has 1 aromatic rings. The van der Waals surface area contributed by atoms with Crippen LogP contribution in [0.4, 0.5) is 5.69 Å². The van der Waals surface area contributed by atoms with E-state index in [4.69, 9.17) is 4.43 Å². The molecule has 0 spiro atoms. The number of alkyl halides is 1. The van der Waals surface area contributed by atoms with Crippen molar-refractivity contribution in [1.82, 2.24) is 0 Å². The summed E-state index contributed by atoms with van der Waals surface area (Å²) in [5.74, 6) is 0.807. The Morgan fingerprint density at radius 1 is 1.26 bits per heavy atom. The number of anilines is 1. The molecular formula is C14H22BrNO2Si. The zero-order valence-electron chi connectivity index (χ0n) is 12.2. The lowest BCUT2D eigenvalue weighted by Gasteiger charge is -2.36. The first-order chi connectivity index (χ1) is 8.65. The van der Waals surface area contributed by atoms with Crippen LogP contribution in [0.1, 0.15) is 20.8 Å². The topological polar surface area (TPSA) is 38.3 Å². The lowest BCUT2D eigenvalue weighted by molar-refractivity contribution is -0.113. The van der Waals surface area contributed by atoms with Crippen molar-refractivity contribution >= 4 is 35.8 Å².